The SMILES string of the molecule is CC(C)CC(O)CNc1c(Br)cncc1[N+](=O)[O-]. The number of anilines is 1. The second kappa shape index (κ2) is 6.65. The molecule has 0 saturated heterocycles. The number of halogens is 1. The van der Waals surface area contributed by atoms with E-state index in [1.165, 1.54) is 12.4 Å². The molecular weight excluding hydrogens is 302 g/mol. The van der Waals surface area contributed by atoms with Crippen LogP contribution in [0, 0.1) is 16.0 Å². The Morgan fingerprint density at radius 3 is 2.78 bits per heavy atom. The van der Waals surface area contributed by atoms with Gasteiger partial charge in [0, 0.05) is 12.7 Å². The predicted octanol–water partition coefficient (Wildman–Crippen LogP) is 2.57. The highest BCUT2D eigenvalue weighted by Crippen LogP contribution is 2.30. The van der Waals surface area contributed by atoms with Crippen molar-refractivity contribution in [1.82, 2.24) is 4.98 Å². The van der Waals surface area contributed by atoms with Crippen LogP contribution in [0.1, 0.15) is 20.3 Å². The monoisotopic (exact) mass is 317 g/mol. The lowest BCUT2D eigenvalue weighted by Gasteiger charge is -2.15. The third kappa shape index (κ3) is 4.23. The van der Waals surface area contributed by atoms with E-state index >= 15 is 0 Å². The molecule has 7 heteroatoms. The molecule has 0 aromatic carbocycles. The molecule has 0 spiro atoms. The van der Waals surface area contributed by atoms with E-state index in [-0.39, 0.29) is 12.2 Å². The van der Waals surface area contributed by atoms with Gasteiger partial charge in [-0.2, -0.15) is 0 Å². The summed E-state index contributed by atoms with van der Waals surface area (Å²) in [5.74, 6) is 0.373. The minimum Gasteiger partial charge on any atom is -0.391 e. The molecule has 0 aliphatic heterocycles. The van der Waals surface area contributed by atoms with Crippen molar-refractivity contribution in [1.29, 1.82) is 0 Å². The summed E-state index contributed by atoms with van der Waals surface area (Å²) in [5, 5.41) is 23.5. The summed E-state index contributed by atoms with van der Waals surface area (Å²) in [4.78, 5) is 14.1. The fraction of sp³-hybridized carbons (Fsp3) is 0.545. The number of pyridine rings is 1. The van der Waals surface area contributed by atoms with Crippen LogP contribution in [-0.2, 0) is 0 Å². The summed E-state index contributed by atoms with van der Waals surface area (Å²) in [6, 6.07) is 0. The van der Waals surface area contributed by atoms with Crippen LogP contribution in [0.3, 0.4) is 0 Å². The molecule has 100 valence electrons. The molecule has 0 saturated carbocycles. The Hall–Kier alpha value is -1.21. The van der Waals surface area contributed by atoms with Gasteiger partial charge in [0.15, 0.2) is 0 Å². The molecular formula is C11H16BrN3O3. The van der Waals surface area contributed by atoms with Gasteiger partial charge in [-0.3, -0.25) is 15.1 Å². The van der Waals surface area contributed by atoms with Gasteiger partial charge in [0.25, 0.3) is 0 Å². The van der Waals surface area contributed by atoms with Crippen LogP contribution in [0.25, 0.3) is 0 Å². The van der Waals surface area contributed by atoms with E-state index in [0.29, 0.717) is 22.5 Å². The van der Waals surface area contributed by atoms with Gasteiger partial charge >= 0.3 is 5.69 Å². The first-order valence-electron chi connectivity index (χ1n) is 5.61. The summed E-state index contributed by atoms with van der Waals surface area (Å²) >= 11 is 3.21. The third-order valence-corrected chi connectivity index (χ3v) is 2.94. The maximum absolute atomic E-state index is 10.8. The second-order valence-electron chi connectivity index (χ2n) is 4.44. The highest BCUT2D eigenvalue weighted by molar-refractivity contribution is 9.10. The number of nitrogens with zero attached hydrogens (tertiary/aromatic N) is 2. The Morgan fingerprint density at radius 2 is 2.22 bits per heavy atom. The topological polar surface area (TPSA) is 88.3 Å². The summed E-state index contributed by atoms with van der Waals surface area (Å²) < 4.78 is 0.508. The van der Waals surface area contributed by atoms with E-state index in [1.54, 1.807) is 0 Å². The smallest absolute Gasteiger partial charge is 0.311 e. The second-order valence-corrected chi connectivity index (χ2v) is 5.29. The van der Waals surface area contributed by atoms with Gasteiger partial charge in [-0.15, -0.1) is 0 Å². The highest BCUT2D eigenvalue weighted by Gasteiger charge is 2.18. The Kier molecular flexibility index (Phi) is 5.49. The molecule has 0 fully saturated rings. The molecule has 0 radical (unpaired) electrons. The Balaban J connectivity index is 2.75. The van der Waals surface area contributed by atoms with Gasteiger partial charge in [0.05, 0.1) is 15.5 Å². The molecule has 18 heavy (non-hydrogen) atoms. The van der Waals surface area contributed by atoms with Gasteiger partial charge in [0.2, 0.25) is 0 Å². The average Bonchev–Trinajstić information content (AvgIpc) is 2.25. The van der Waals surface area contributed by atoms with E-state index in [2.05, 4.69) is 26.2 Å². The summed E-state index contributed by atoms with van der Waals surface area (Å²) in [6.07, 6.45) is 2.76. The fourth-order valence-electron chi connectivity index (χ4n) is 1.59. The van der Waals surface area contributed by atoms with E-state index in [4.69, 9.17) is 0 Å². The molecule has 0 aliphatic carbocycles. The third-order valence-electron chi connectivity index (χ3n) is 2.33. The average molecular weight is 318 g/mol. The van der Waals surface area contributed by atoms with E-state index in [1.807, 2.05) is 13.8 Å². The Bertz CT molecular complexity index is 426. The lowest BCUT2D eigenvalue weighted by Crippen LogP contribution is -2.21. The zero-order chi connectivity index (χ0) is 13.7. The molecule has 0 amide bonds. The van der Waals surface area contributed by atoms with Crippen LogP contribution in [0.5, 0.6) is 0 Å². The standard InChI is InChI=1S/C11H16BrN3O3/c1-7(2)3-8(16)4-14-11-9(12)5-13-6-10(11)15(17)18/h5-8,16H,3-4H2,1-2H3,(H,13,14). The number of aliphatic hydroxyl groups is 1. The van der Waals surface area contributed by atoms with Gasteiger partial charge in [-0.05, 0) is 28.3 Å². The lowest BCUT2D eigenvalue weighted by atomic mass is 10.1. The summed E-state index contributed by atoms with van der Waals surface area (Å²) in [5.41, 5.74) is 0.235. The molecule has 1 aromatic rings. The van der Waals surface area contributed by atoms with Crippen molar-refractivity contribution in [3.05, 3.63) is 27.0 Å². The van der Waals surface area contributed by atoms with Crippen LogP contribution in [0.15, 0.2) is 16.9 Å². The normalized spacial score (nSPS) is 12.5. The van der Waals surface area contributed by atoms with Crippen molar-refractivity contribution in [3.8, 4) is 0 Å². The van der Waals surface area contributed by atoms with Gasteiger partial charge < -0.3 is 10.4 Å². The molecule has 2 N–H and O–H groups in total. The number of hydrogen-bond donors (Lipinski definition) is 2. The van der Waals surface area contributed by atoms with Crippen molar-refractivity contribution in [2.24, 2.45) is 5.92 Å². The van der Waals surface area contributed by atoms with Crippen LogP contribution in [-0.4, -0.2) is 27.7 Å². The maximum Gasteiger partial charge on any atom is 0.311 e. The summed E-state index contributed by atoms with van der Waals surface area (Å²) in [7, 11) is 0. The van der Waals surface area contributed by atoms with Crippen LogP contribution < -0.4 is 5.32 Å². The fourth-order valence-corrected chi connectivity index (χ4v) is 2.05. The van der Waals surface area contributed by atoms with Crippen molar-refractivity contribution in [2.75, 3.05) is 11.9 Å². The minimum absolute atomic E-state index is 0.110. The van der Waals surface area contributed by atoms with Gasteiger partial charge in [-0.1, -0.05) is 13.8 Å². The maximum atomic E-state index is 10.8. The van der Waals surface area contributed by atoms with Gasteiger partial charge in [-0.25, -0.2) is 0 Å². The predicted molar refractivity (Wildman–Crippen MR) is 72.5 cm³/mol. The van der Waals surface area contributed by atoms with Gasteiger partial charge in [0.1, 0.15) is 11.9 Å². The first-order chi connectivity index (χ1) is 8.41. The molecule has 1 aromatic heterocycles. The molecule has 1 atom stereocenters. The number of aromatic nitrogens is 1. The van der Waals surface area contributed by atoms with Crippen molar-refractivity contribution < 1.29 is 10.0 Å². The molecule has 0 aliphatic rings. The number of nitro groups is 1. The zero-order valence-electron chi connectivity index (χ0n) is 10.3. The number of hydrogen-bond acceptors (Lipinski definition) is 5. The van der Waals surface area contributed by atoms with Crippen LogP contribution >= 0.6 is 15.9 Å². The van der Waals surface area contributed by atoms with E-state index in [9.17, 15) is 15.2 Å². The largest absolute Gasteiger partial charge is 0.391 e. The number of rotatable bonds is 6. The van der Waals surface area contributed by atoms with Crippen LogP contribution in [0.2, 0.25) is 0 Å². The quantitative estimate of drug-likeness (QED) is 0.622. The number of nitrogens with one attached hydrogen (secondary N) is 1. The molecule has 6 nitrogen and oxygen atoms in total. The first kappa shape index (κ1) is 14.8. The van der Waals surface area contributed by atoms with E-state index in [0.717, 1.165) is 0 Å². The van der Waals surface area contributed by atoms with Crippen molar-refractivity contribution in [3.63, 3.8) is 0 Å². The Morgan fingerprint density at radius 1 is 1.56 bits per heavy atom. The molecule has 1 unspecified atom stereocenters. The number of aliphatic hydroxyl groups excluding tert-OH is 1. The van der Waals surface area contributed by atoms with E-state index < -0.39 is 11.0 Å². The molecule has 1 heterocycles. The minimum atomic E-state index is -0.537. The highest BCUT2D eigenvalue weighted by atomic mass is 79.9. The molecule has 1 rings (SSSR count). The van der Waals surface area contributed by atoms with Crippen molar-refractivity contribution in [2.45, 2.75) is 26.4 Å². The Labute approximate surface area is 114 Å². The van der Waals surface area contributed by atoms with Crippen LogP contribution in [0.4, 0.5) is 11.4 Å². The first-order valence-corrected chi connectivity index (χ1v) is 6.41. The van der Waals surface area contributed by atoms with Crippen molar-refractivity contribution >= 4 is 27.3 Å². The summed E-state index contributed by atoms with van der Waals surface area (Å²) in [6.45, 7) is 4.28. The molecule has 0 bridgehead atoms. The zero-order valence-corrected chi connectivity index (χ0v) is 11.8. The lowest BCUT2D eigenvalue weighted by molar-refractivity contribution is -0.384.